The molecule has 0 unspecified atom stereocenters. The molecule has 0 radical (unpaired) electrons. The third kappa shape index (κ3) is 12.9. The molecule has 0 aromatic heterocycles. The Kier molecular flexibility index (Phi) is 20.0. The zero-order valence-electron chi connectivity index (χ0n) is 11.2. The molecule has 0 aromatic carbocycles. The number of hydrogen-bond donors (Lipinski definition) is 0. The number of hydrogen-bond acceptors (Lipinski definition) is 2. The second-order valence-electron chi connectivity index (χ2n) is 3.05. The van der Waals surface area contributed by atoms with Gasteiger partial charge in [-0.3, -0.25) is 0 Å². The Balaban J connectivity index is -0.000000200. The molecule has 15 heavy (non-hydrogen) atoms. The van der Waals surface area contributed by atoms with Crippen LogP contribution in [0, 0.1) is 22.7 Å². The van der Waals surface area contributed by atoms with E-state index in [4.69, 9.17) is 10.5 Å². The van der Waals surface area contributed by atoms with Crippen molar-refractivity contribution in [2.45, 2.75) is 41.5 Å². The predicted molar refractivity (Wildman–Crippen MR) is 65.0 cm³/mol. The maximum Gasteiger partial charge on any atom is 0.0757 e. The molecule has 0 spiro atoms. The second kappa shape index (κ2) is 15.4. The van der Waals surface area contributed by atoms with Crippen molar-refractivity contribution in [1.29, 1.82) is 10.5 Å². The maximum atomic E-state index is 7.32. The molecule has 0 fully saturated rings. The first kappa shape index (κ1) is 19.5. The summed E-state index contributed by atoms with van der Waals surface area (Å²) in [7, 11) is 0. The first-order chi connectivity index (χ1) is 7.07. The lowest BCUT2D eigenvalue weighted by molar-refractivity contribution is -0.921. The van der Waals surface area contributed by atoms with Crippen molar-refractivity contribution in [3.8, 4) is 12.1 Å². The molecule has 0 rings (SSSR count). The van der Waals surface area contributed by atoms with E-state index in [1.807, 2.05) is 0 Å². The van der Waals surface area contributed by atoms with Gasteiger partial charge in [0.25, 0.3) is 0 Å². The van der Waals surface area contributed by atoms with Crippen LogP contribution in [0.3, 0.4) is 0 Å². The van der Waals surface area contributed by atoms with E-state index < -0.39 is 0 Å². The third-order valence-corrected chi connectivity index (χ3v) is 2.68. The van der Waals surface area contributed by atoms with Gasteiger partial charge in [-0.2, -0.15) is 10.5 Å². The van der Waals surface area contributed by atoms with Crippen LogP contribution in [0.1, 0.15) is 41.5 Å². The van der Waals surface area contributed by atoms with E-state index in [0.717, 1.165) is 0 Å². The van der Waals surface area contributed by atoms with Gasteiger partial charge in [-0.15, -0.1) is 0 Å². The molecule has 0 N–H and O–H groups in total. The topological polar surface area (TPSA) is 47.6 Å². The van der Waals surface area contributed by atoms with Gasteiger partial charge >= 0.3 is 0 Å². The van der Waals surface area contributed by atoms with Gasteiger partial charge in [-0.05, 0) is 27.7 Å². The summed E-state index contributed by atoms with van der Waals surface area (Å²) in [6, 6.07) is 3.50. The van der Waals surface area contributed by atoms with E-state index in [1.165, 1.54) is 44.5 Å². The summed E-state index contributed by atoms with van der Waals surface area (Å²) >= 11 is 0. The van der Waals surface area contributed by atoms with E-state index in [1.54, 1.807) is 12.1 Å². The zero-order chi connectivity index (χ0) is 12.7. The molecule has 3 nitrogen and oxygen atoms in total. The minimum absolute atomic E-state index is 1.28. The second-order valence-corrected chi connectivity index (χ2v) is 3.05. The van der Waals surface area contributed by atoms with Crippen LogP contribution in [0.25, 0.3) is 0 Å². The summed E-state index contributed by atoms with van der Waals surface area (Å²) in [5.41, 5.74) is 0. The largest absolute Gasteiger partial charge is 0.325 e. The Morgan fingerprint density at radius 2 is 0.867 bits per heavy atom. The molecule has 0 amide bonds. The Morgan fingerprint density at radius 3 is 0.867 bits per heavy atom. The zero-order valence-corrected chi connectivity index (χ0v) is 11.2. The van der Waals surface area contributed by atoms with Crippen LogP contribution in [0.5, 0.6) is 0 Å². The van der Waals surface area contributed by atoms with E-state index >= 15 is 0 Å². The van der Waals surface area contributed by atoms with Crippen molar-refractivity contribution in [2.75, 3.05) is 26.2 Å². The highest BCUT2D eigenvalue weighted by Gasteiger charge is 2.16. The summed E-state index contributed by atoms with van der Waals surface area (Å²) in [4.78, 5) is 0. The molecule has 0 aromatic rings. The van der Waals surface area contributed by atoms with Crippen LogP contribution in [-0.4, -0.2) is 30.7 Å². The number of nitriles is 2. The van der Waals surface area contributed by atoms with Crippen molar-refractivity contribution in [1.82, 2.24) is 0 Å². The maximum absolute atomic E-state index is 7.32. The quantitative estimate of drug-likeness (QED) is 0.673. The molecule has 0 saturated heterocycles. The fraction of sp³-hybridized carbons (Fsp3) is 0.833. The van der Waals surface area contributed by atoms with Crippen LogP contribution in [0.15, 0.2) is 0 Å². The van der Waals surface area contributed by atoms with Gasteiger partial charge in [0.05, 0.1) is 38.3 Å². The van der Waals surface area contributed by atoms with Crippen LogP contribution in [0.4, 0.5) is 0 Å². The number of quaternary nitrogens is 1. The fourth-order valence-electron chi connectivity index (χ4n) is 1.34. The van der Waals surface area contributed by atoms with Crippen LogP contribution in [-0.2, 0) is 0 Å². The lowest BCUT2D eigenvalue weighted by atomic mass is 10.3. The van der Waals surface area contributed by atoms with Crippen molar-refractivity contribution in [2.24, 2.45) is 0 Å². The van der Waals surface area contributed by atoms with Crippen molar-refractivity contribution < 1.29 is 4.48 Å². The Bertz CT molecular complexity index is 153. The van der Waals surface area contributed by atoms with Crippen molar-refractivity contribution in [3.05, 3.63) is 0 Å². The molecule has 0 bridgehead atoms. The van der Waals surface area contributed by atoms with Gasteiger partial charge in [0, 0.05) is 13.8 Å². The Morgan fingerprint density at radius 1 is 0.733 bits per heavy atom. The van der Waals surface area contributed by atoms with Crippen LogP contribution < -0.4 is 0 Å². The van der Waals surface area contributed by atoms with E-state index in [9.17, 15) is 0 Å². The molecule has 0 saturated carbocycles. The third-order valence-electron chi connectivity index (χ3n) is 2.68. The summed E-state index contributed by atoms with van der Waals surface area (Å²) in [5.74, 6) is 0. The summed E-state index contributed by atoms with van der Waals surface area (Å²) in [5, 5.41) is 14.6. The standard InChI is InChI=1S/C8H20N.2C2H3N/c1-5-9(6-2,7-3)8-4;2*1-2-3/h5-8H2,1-4H3;2*1H3/q+1;;. The lowest BCUT2D eigenvalue weighted by Crippen LogP contribution is -2.47. The highest BCUT2D eigenvalue weighted by Crippen LogP contribution is 2.03. The van der Waals surface area contributed by atoms with Crippen LogP contribution in [0.2, 0.25) is 0 Å². The molecule has 0 atom stereocenters. The van der Waals surface area contributed by atoms with E-state index in [0.29, 0.717) is 0 Å². The normalized spacial score (nSPS) is 8.27. The monoisotopic (exact) mass is 212 g/mol. The molecule has 88 valence electrons. The van der Waals surface area contributed by atoms with Gasteiger partial charge in [0.15, 0.2) is 0 Å². The van der Waals surface area contributed by atoms with Gasteiger partial charge in [0.2, 0.25) is 0 Å². The average Bonchev–Trinajstić information content (AvgIpc) is 2.24. The van der Waals surface area contributed by atoms with Crippen molar-refractivity contribution in [3.63, 3.8) is 0 Å². The highest BCUT2D eigenvalue weighted by molar-refractivity contribution is 4.51. The summed E-state index contributed by atoms with van der Waals surface area (Å²) in [6.07, 6.45) is 0. The molecule has 0 aliphatic rings. The molecule has 0 aliphatic carbocycles. The fourth-order valence-corrected chi connectivity index (χ4v) is 1.34. The number of rotatable bonds is 4. The summed E-state index contributed by atoms with van der Waals surface area (Å²) in [6.45, 7) is 17.1. The van der Waals surface area contributed by atoms with Gasteiger partial charge in [-0.25, -0.2) is 0 Å². The van der Waals surface area contributed by atoms with Gasteiger partial charge in [-0.1, -0.05) is 0 Å². The molecule has 3 heteroatoms. The minimum Gasteiger partial charge on any atom is -0.325 e. The lowest BCUT2D eigenvalue weighted by Gasteiger charge is -2.34. The highest BCUT2D eigenvalue weighted by atomic mass is 15.3. The smallest absolute Gasteiger partial charge is 0.0757 e. The Hall–Kier alpha value is -1.06. The minimum atomic E-state index is 1.28. The molecule has 0 aliphatic heterocycles. The molecular formula is C12H26N3+. The molecule has 0 heterocycles. The summed E-state index contributed by atoms with van der Waals surface area (Å²) < 4.78 is 1.28. The SMILES string of the molecule is CC#N.CC#N.CC[N+](CC)(CC)CC. The number of nitrogens with zero attached hydrogens (tertiary/aromatic N) is 3. The first-order valence-electron chi connectivity index (χ1n) is 5.54. The van der Waals surface area contributed by atoms with Gasteiger partial charge < -0.3 is 4.48 Å². The van der Waals surface area contributed by atoms with Crippen molar-refractivity contribution >= 4 is 0 Å². The van der Waals surface area contributed by atoms with E-state index in [2.05, 4.69) is 27.7 Å². The van der Waals surface area contributed by atoms with Gasteiger partial charge in [0.1, 0.15) is 0 Å². The predicted octanol–water partition coefficient (Wildman–Crippen LogP) is 2.94. The average molecular weight is 212 g/mol. The Labute approximate surface area is 95.5 Å². The van der Waals surface area contributed by atoms with Crippen LogP contribution >= 0.6 is 0 Å². The first-order valence-corrected chi connectivity index (χ1v) is 5.54. The molecular weight excluding hydrogens is 186 g/mol. The van der Waals surface area contributed by atoms with E-state index in [-0.39, 0.29) is 0 Å².